The van der Waals surface area contributed by atoms with Crippen LogP contribution in [0.15, 0.2) is 66.3 Å². The Balaban J connectivity index is 2.31. The minimum absolute atomic E-state index is 0.0280. The molecule has 0 heterocycles. The third-order valence-electron chi connectivity index (χ3n) is 10.2. The van der Waals surface area contributed by atoms with Crippen molar-refractivity contribution in [2.75, 3.05) is 18.5 Å². The lowest BCUT2D eigenvalue weighted by molar-refractivity contribution is -0.461. The molecule has 0 radical (unpaired) electrons. The van der Waals surface area contributed by atoms with Crippen LogP contribution in [0, 0.1) is 11.6 Å². The lowest BCUT2D eigenvalue weighted by atomic mass is 9.88. The molecule has 0 aliphatic carbocycles. The molecule has 28 heteroatoms. The van der Waals surface area contributed by atoms with Crippen molar-refractivity contribution >= 4 is 26.0 Å². The summed E-state index contributed by atoms with van der Waals surface area (Å²) in [6.45, 7) is 5.59. The van der Waals surface area contributed by atoms with Gasteiger partial charge in [0.15, 0.2) is 8.32 Å². The molecule has 3 N–H and O–H groups in total. The van der Waals surface area contributed by atoms with Gasteiger partial charge in [0.1, 0.15) is 30.1 Å². The molecule has 0 fully saturated rings. The van der Waals surface area contributed by atoms with Crippen LogP contribution in [0.5, 0.6) is 5.75 Å². The highest BCUT2D eigenvalue weighted by atomic mass is 28.4. The molecule has 2 rings (SSSR count). The number of hydrogen-bond acceptors (Lipinski definition) is 6. The predicted molar refractivity (Wildman–Crippen MR) is 201 cm³/mol. The first kappa shape index (κ1) is 58.4. The zero-order chi connectivity index (χ0) is 52.0. The van der Waals surface area contributed by atoms with Crippen LogP contribution in [0.3, 0.4) is 0 Å². The van der Waals surface area contributed by atoms with E-state index >= 15 is 0 Å². The summed E-state index contributed by atoms with van der Waals surface area (Å²) < 4.78 is 280. The maximum absolute atomic E-state index is 15.0. The first-order chi connectivity index (χ1) is 30.3. The van der Waals surface area contributed by atoms with Gasteiger partial charge in [0.2, 0.25) is 0 Å². The summed E-state index contributed by atoms with van der Waals surface area (Å²) >= 11 is 0. The van der Waals surface area contributed by atoms with E-state index in [1.165, 1.54) is 69.6 Å². The van der Waals surface area contributed by atoms with Gasteiger partial charge in [0, 0.05) is 25.0 Å². The van der Waals surface area contributed by atoms with Crippen molar-refractivity contribution in [3.8, 4) is 5.75 Å². The fraction of sp³-hybridized carbons (Fsp3) is 0.538. The lowest BCUT2D eigenvalue weighted by Gasteiger charge is -2.44. The van der Waals surface area contributed by atoms with Crippen LogP contribution in [0.1, 0.15) is 59.1 Å². The number of rotatable bonds is 23. The van der Waals surface area contributed by atoms with Gasteiger partial charge in [-0.25, -0.2) is 19.1 Å². The van der Waals surface area contributed by atoms with Crippen LogP contribution < -0.4 is 15.5 Å². The number of nitrogens with one attached hydrogen (secondary N) is 2. The number of amides is 2. The predicted octanol–water partition coefficient (Wildman–Crippen LogP) is 13.2. The van der Waals surface area contributed by atoms with E-state index in [-0.39, 0.29) is 17.7 Å². The van der Waals surface area contributed by atoms with Gasteiger partial charge in [-0.3, -0.25) is 15.3 Å². The van der Waals surface area contributed by atoms with Gasteiger partial charge in [-0.15, -0.1) is 0 Å². The number of anilines is 1. The minimum atomic E-state index is -8.73. The van der Waals surface area contributed by atoms with Crippen LogP contribution in [0.25, 0.3) is 0 Å². The Labute approximate surface area is 369 Å². The number of benzene rings is 2. The Morgan fingerprint density at radius 2 is 1.22 bits per heavy atom. The standard InChI is InChI=1S/C39H41F19N2O6Si/c1-21(2)67(22(3)4,18-15-32(42,43)33(44,45)34(46,47)35(48,49)36(50,51)37(52,53)38(54,55)39(56,57)58)65-17-16-64-26-12-9-24(10-13-26)29(19-23(5)7-6-8-30(61)60-63)66-31(62)59-28-14-11-25(40)20-27(28)41/h6-14,20-22,29,63H,15-19H2,1-5H3,(H,59,62)(H,60,61)/b8-6+,23-7+/t29-/m0/s1. The van der Waals surface area contributed by atoms with Crippen LogP contribution in [-0.2, 0) is 14.0 Å². The Morgan fingerprint density at radius 3 is 1.70 bits per heavy atom. The quantitative estimate of drug-likeness (QED) is 0.0195. The molecule has 0 aromatic heterocycles. The van der Waals surface area contributed by atoms with Crippen molar-refractivity contribution in [1.29, 1.82) is 0 Å². The summed E-state index contributed by atoms with van der Waals surface area (Å²) in [6, 6.07) is 6.19. The van der Waals surface area contributed by atoms with E-state index in [0.29, 0.717) is 11.6 Å². The topological polar surface area (TPSA) is 106 Å². The molecule has 0 saturated carbocycles. The zero-order valence-electron chi connectivity index (χ0n) is 35.2. The number of ether oxygens (including phenoxy) is 2. The molecule has 2 aromatic rings. The number of carbonyl (C=O) groups excluding carboxylic acids is 2. The minimum Gasteiger partial charge on any atom is -0.491 e. The summed E-state index contributed by atoms with van der Waals surface area (Å²) in [5.41, 5.74) is -0.218. The number of alkyl halides is 17. The molecule has 0 spiro atoms. The van der Waals surface area contributed by atoms with E-state index in [9.17, 15) is 93.0 Å². The Hall–Kier alpha value is -4.73. The molecule has 1 atom stereocenters. The Kier molecular flexibility index (Phi) is 18.5. The first-order valence-electron chi connectivity index (χ1n) is 19.1. The lowest BCUT2D eigenvalue weighted by Crippen LogP contribution is -2.74. The van der Waals surface area contributed by atoms with Crippen molar-refractivity contribution in [3.05, 3.63) is 83.5 Å². The van der Waals surface area contributed by atoms with Gasteiger partial charge in [0.05, 0.1) is 12.3 Å². The van der Waals surface area contributed by atoms with Gasteiger partial charge in [-0.1, -0.05) is 57.6 Å². The maximum atomic E-state index is 15.0. The van der Waals surface area contributed by atoms with Gasteiger partial charge >= 0.3 is 53.7 Å². The second-order valence-corrected chi connectivity index (χ2v) is 20.4. The summed E-state index contributed by atoms with van der Waals surface area (Å²) in [7, 11) is -4.06. The molecule has 0 saturated heterocycles. The van der Waals surface area contributed by atoms with Crippen molar-refractivity contribution in [2.24, 2.45) is 0 Å². The van der Waals surface area contributed by atoms with Crippen molar-refractivity contribution in [1.82, 2.24) is 5.48 Å². The molecule has 2 aromatic carbocycles. The monoisotopic (exact) mass is 1020 g/mol. The molecular weight excluding hydrogens is 981 g/mol. The molecule has 8 nitrogen and oxygen atoms in total. The van der Waals surface area contributed by atoms with Gasteiger partial charge in [0.25, 0.3) is 5.91 Å². The van der Waals surface area contributed by atoms with Crippen LogP contribution >= 0.6 is 0 Å². The average Bonchev–Trinajstić information content (AvgIpc) is 3.20. The van der Waals surface area contributed by atoms with Crippen LogP contribution in [-0.4, -0.2) is 86.4 Å². The summed E-state index contributed by atoms with van der Waals surface area (Å²) in [4.78, 5) is 24.0. The molecule has 0 unspecified atom stereocenters. The molecule has 0 aliphatic rings. The van der Waals surface area contributed by atoms with Crippen LogP contribution in [0.2, 0.25) is 17.1 Å². The number of halogens is 19. The largest absolute Gasteiger partial charge is 0.491 e. The zero-order valence-corrected chi connectivity index (χ0v) is 36.2. The molecular formula is C39H41F19N2O6Si. The third kappa shape index (κ3) is 12.3. The molecule has 0 aliphatic heterocycles. The fourth-order valence-electron chi connectivity index (χ4n) is 6.31. The van der Waals surface area contributed by atoms with Crippen molar-refractivity contribution in [3.63, 3.8) is 0 Å². The summed E-state index contributed by atoms with van der Waals surface area (Å²) in [5, 5.41) is 10.7. The van der Waals surface area contributed by atoms with Gasteiger partial charge in [-0.05, 0) is 53.9 Å². The highest BCUT2D eigenvalue weighted by Gasteiger charge is 2.95. The van der Waals surface area contributed by atoms with E-state index in [4.69, 9.17) is 19.1 Å². The SMILES string of the molecule is C/C(=C\C=C\C(=O)NO)C[C@H](OC(=O)Nc1ccc(F)cc1F)c1ccc(OCCO[Si](CCC(F)(F)C(F)(F)C(F)(F)C(F)(F)C(F)(F)C(F)(F)C(F)(F)C(F)(F)F)(C(C)C)C(C)C)cc1. The number of hydrogen-bond donors (Lipinski definition) is 3. The Morgan fingerprint density at radius 1 is 0.716 bits per heavy atom. The maximum Gasteiger partial charge on any atom is 0.460 e. The molecule has 0 bridgehead atoms. The highest BCUT2D eigenvalue weighted by Crippen LogP contribution is 2.64. The van der Waals surface area contributed by atoms with E-state index in [1.54, 1.807) is 6.92 Å². The Bertz CT molecular complexity index is 2050. The second-order valence-electron chi connectivity index (χ2n) is 15.4. The van der Waals surface area contributed by atoms with E-state index in [1.807, 2.05) is 0 Å². The van der Waals surface area contributed by atoms with Crippen molar-refractivity contribution in [2.45, 2.75) is 118 Å². The first-order valence-corrected chi connectivity index (χ1v) is 21.4. The second kappa shape index (κ2) is 21.3. The third-order valence-corrected chi connectivity index (χ3v) is 15.9. The van der Waals surface area contributed by atoms with E-state index < -0.39 is 128 Å². The van der Waals surface area contributed by atoms with Gasteiger partial charge < -0.3 is 13.9 Å². The van der Waals surface area contributed by atoms with Crippen molar-refractivity contribution < 1.29 is 112 Å². The highest BCUT2D eigenvalue weighted by molar-refractivity contribution is 6.76. The molecule has 67 heavy (non-hydrogen) atoms. The molecule has 2 amide bonds. The fourth-order valence-corrected chi connectivity index (χ4v) is 10.8. The summed E-state index contributed by atoms with van der Waals surface area (Å²) in [5.74, 6) is -60.0. The number of allylic oxidation sites excluding steroid dienone is 2. The van der Waals surface area contributed by atoms with E-state index in [2.05, 4.69) is 5.32 Å². The smallest absolute Gasteiger partial charge is 0.460 e. The number of carbonyl (C=O) groups is 2. The normalized spacial score (nSPS) is 14.8. The average molecular weight is 1020 g/mol. The van der Waals surface area contributed by atoms with Crippen LogP contribution in [0.4, 0.5) is 93.9 Å². The molecule has 380 valence electrons. The summed E-state index contributed by atoms with van der Waals surface area (Å²) in [6.07, 6.45) is -9.32. The van der Waals surface area contributed by atoms with Gasteiger partial charge in [-0.2, -0.15) is 74.6 Å². The number of hydroxylamine groups is 1. The van der Waals surface area contributed by atoms with E-state index in [0.717, 1.165) is 18.2 Å².